The molecule has 2 aliphatic rings. The fourth-order valence-electron chi connectivity index (χ4n) is 3.72. The molecule has 1 amide bonds. The monoisotopic (exact) mass is 366 g/mol. The largest absolute Gasteiger partial charge is 0.486 e. The molecule has 1 atom stereocenters. The SMILES string of the molecule is O=C(NCC1COc2ccccc2O1)C1CCN(Cc2ccccc2)CC1. The van der Waals surface area contributed by atoms with Crippen molar-refractivity contribution in [3.63, 3.8) is 0 Å². The van der Waals surface area contributed by atoms with Crippen molar-refractivity contribution in [1.29, 1.82) is 0 Å². The van der Waals surface area contributed by atoms with Crippen LogP contribution in [0.1, 0.15) is 18.4 Å². The zero-order valence-electron chi connectivity index (χ0n) is 15.5. The Morgan fingerprint density at radius 3 is 2.48 bits per heavy atom. The number of nitrogens with one attached hydrogen (secondary N) is 1. The van der Waals surface area contributed by atoms with Gasteiger partial charge in [0, 0.05) is 12.5 Å². The second-order valence-corrected chi connectivity index (χ2v) is 7.28. The third-order valence-corrected chi connectivity index (χ3v) is 5.28. The predicted molar refractivity (Wildman–Crippen MR) is 104 cm³/mol. The van der Waals surface area contributed by atoms with Crippen molar-refractivity contribution in [3.05, 3.63) is 60.2 Å². The Morgan fingerprint density at radius 1 is 1.00 bits per heavy atom. The number of hydrogen-bond donors (Lipinski definition) is 1. The van der Waals surface area contributed by atoms with Crippen molar-refractivity contribution in [2.24, 2.45) is 5.92 Å². The number of carbonyl (C=O) groups excluding carboxylic acids is 1. The summed E-state index contributed by atoms with van der Waals surface area (Å²) in [6.07, 6.45) is 1.68. The summed E-state index contributed by atoms with van der Waals surface area (Å²) in [6.45, 7) is 3.83. The molecule has 1 unspecified atom stereocenters. The van der Waals surface area contributed by atoms with Crippen LogP contribution in [0.2, 0.25) is 0 Å². The Balaban J connectivity index is 1.20. The molecule has 1 saturated heterocycles. The van der Waals surface area contributed by atoms with Gasteiger partial charge in [-0.2, -0.15) is 0 Å². The van der Waals surface area contributed by atoms with Crippen LogP contribution in [0.25, 0.3) is 0 Å². The summed E-state index contributed by atoms with van der Waals surface area (Å²) in [6, 6.07) is 18.1. The van der Waals surface area contributed by atoms with Crippen molar-refractivity contribution in [2.45, 2.75) is 25.5 Å². The normalized spacial score (nSPS) is 20.2. The summed E-state index contributed by atoms with van der Waals surface area (Å²) in [5.74, 6) is 1.74. The van der Waals surface area contributed by atoms with E-state index in [9.17, 15) is 4.79 Å². The molecule has 0 aliphatic carbocycles. The lowest BCUT2D eigenvalue weighted by molar-refractivity contribution is -0.127. The third-order valence-electron chi connectivity index (χ3n) is 5.28. The predicted octanol–water partition coefficient (Wildman–Crippen LogP) is 2.85. The summed E-state index contributed by atoms with van der Waals surface area (Å²) < 4.78 is 11.6. The first-order valence-corrected chi connectivity index (χ1v) is 9.70. The highest BCUT2D eigenvalue weighted by Crippen LogP contribution is 2.30. The van der Waals surface area contributed by atoms with E-state index in [1.807, 2.05) is 30.3 Å². The van der Waals surface area contributed by atoms with E-state index in [0.29, 0.717) is 13.2 Å². The lowest BCUT2D eigenvalue weighted by Gasteiger charge is -2.32. The molecular formula is C22H26N2O3. The molecule has 0 aromatic heterocycles. The molecule has 4 rings (SSSR count). The maximum atomic E-state index is 12.5. The van der Waals surface area contributed by atoms with Gasteiger partial charge in [0.15, 0.2) is 11.5 Å². The molecule has 5 nitrogen and oxygen atoms in total. The Hall–Kier alpha value is -2.53. The summed E-state index contributed by atoms with van der Waals surface area (Å²) in [5.41, 5.74) is 1.33. The third kappa shape index (κ3) is 4.61. The molecule has 2 heterocycles. The number of carbonyl (C=O) groups is 1. The van der Waals surface area contributed by atoms with Crippen LogP contribution in [0.15, 0.2) is 54.6 Å². The number of nitrogens with zero attached hydrogens (tertiary/aromatic N) is 1. The van der Waals surface area contributed by atoms with Crippen LogP contribution in [0.5, 0.6) is 11.5 Å². The number of para-hydroxylation sites is 2. The molecule has 2 aromatic rings. The minimum absolute atomic E-state index is 0.0915. The molecule has 5 heteroatoms. The Morgan fingerprint density at radius 2 is 1.70 bits per heavy atom. The van der Waals surface area contributed by atoms with Crippen molar-refractivity contribution in [2.75, 3.05) is 26.2 Å². The van der Waals surface area contributed by atoms with Crippen LogP contribution in [0.4, 0.5) is 0 Å². The summed E-state index contributed by atoms with van der Waals surface area (Å²) >= 11 is 0. The van der Waals surface area contributed by atoms with Crippen molar-refractivity contribution >= 4 is 5.91 Å². The number of amides is 1. The molecule has 2 aromatic carbocycles. The van der Waals surface area contributed by atoms with Crippen LogP contribution < -0.4 is 14.8 Å². The van der Waals surface area contributed by atoms with Gasteiger partial charge in [-0.15, -0.1) is 0 Å². The van der Waals surface area contributed by atoms with E-state index in [0.717, 1.165) is 44.0 Å². The van der Waals surface area contributed by atoms with Crippen molar-refractivity contribution in [1.82, 2.24) is 10.2 Å². The van der Waals surface area contributed by atoms with E-state index in [1.165, 1.54) is 5.56 Å². The number of benzene rings is 2. The average molecular weight is 366 g/mol. The molecule has 1 N–H and O–H groups in total. The van der Waals surface area contributed by atoms with Crippen LogP contribution in [0.3, 0.4) is 0 Å². The Kier molecular flexibility index (Phi) is 5.58. The van der Waals surface area contributed by atoms with Gasteiger partial charge in [-0.05, 0) is 43.6 Å². The highest BCUT2D eigenvalue weighted by atomic mass is 16.6. The van der Waals surface area contributed by atoms with Gasteiger partial charge < -0.3 is 14.8 Å². The standard InChI is InChI=1S/C22H26N2O3/c25-22(23-14-19-16-26-20-8-4-5-9-21(20)27-19)18-10-12-24(13-11-18)15-17-6-2-1-3-7-17/h1-9,18-19H,10-16H2,(H,23,25). The minimum Gasteiger partial charge on any atom is -0.486 e. The molecule has 0 bridgehead atoms. The first-order chi connectivity index (χ1) is 13.3. The number of likely N-dealkylation sites (tertiary alicyclic amines) is 1. The zero-order valence-corrected chi connectivity index (χ0v) is 15.5. The van der Waals surface area contributed by atoms with Crippen LogP contribution in [0, 0.1) is 5.92 Å². The zero-order chi connectivity index (χ0) is 18.5. The van der Waals surface area contributed by atoms with Gasteiger partial charge in [0.25, 0.3) is 0 Å². The first kappa shape index (κ1) is 17.9. The van der Waals surface area contributed by atoms with E-state index in [-0.39, 0.29) is 17.9 Å². The number of fused-ring (bicyclic) bond motifs is 1. The average Bonchev–Trinajstić information content (AvgIpc) is 2.73. The second-order valence-electron chi connectivity index (χ2n) is 7.28. The quantitative estimate of drug-likeness (QED) is 0.884. The van der Waals surface area contributed by atoms with E-state index >= 15 is 0 Å². The maximum absolute atomic E-state index is 12.5. The van der Waals surface area contributed by atoms with Gasteiger partial charge in [-0.3, -0.25) is 9.69 Å². The lowest BCUT2D eigenvalue weighted by Crippen LogP contribution is -2.45. The van der Waals surface area contributed by atoms with Gasteiger partial charge in [0.2, 0.25) is 5.91 Å². The number of hydrogen-bond acceptors (Lipinski definition) is 4. The van der Waals surface area contributed by atoms with Gasteiger partial charge in [-0.1, -0.05) is 42.5 Å². The minimum atomic E-state index is -0.137. The molecular weight excluding hydrogens is 340 g/mol. The first-order valence-electron chi connectivity index (χ1n) is 9.70. The van der Waals surface area contributed by atoms with Crippen LogP contribution in [-0.4, -0.2) is 43.2 Å². The smallest absolute Gasteiger partial charge is 0.223 e. The van der Waals surface area contributed by atoms with Crippen molar-refractivity contribution < 1.29 is 14.3 Å². The highest BCUT2D eigenvalue weighted by molar-refractivity contribution is 5.78. The summed E-state index contributed by atoms with van der Waals surface area (Å²) in [7, 11) is 0. The molecule has 0 saturated carbocycles. The second kappa shape index (κ2) is 8.44. The molecule has 27 heavy (non-hydrogen) atoms. The summed E-state index contributed by atoms with van der Waals surface area (Å²) in [4.78, 5) is 15.0. The topological polar surface area (TPSA) is 50.8 Å². The number of ether oxygens (including phenoxy) is 2. The Bertz CT molecular complexity index is 757. The van der Waals surface area contributed by atoms with Crippen LogP contribution in [-0.2, 0) is 11.3 Å². The van der Waals surface area contributed by atoms with E-state index in [1.54, 1.807) is 0 Å². The molecule has 0 radical (unpaired) electrons. The molecule has 2 aliphatic heterocycles. The van der Waals surface area contributed by atoms with Crippen molar-refractivity contribution in [3.8, 4) is 11.5 Å². The fourth-order valence-corrected chi connectivity index (χ4v) is 3.72. The fraction of sp³-hybridized carbons (Fsp3) is 0.409. The molecule has 142 valence electrons. The van der Waals surface area contributed by atoms with Gasteiger partial charge in [0.05, 0.1) is 6.54 Å². The van der Waals surface area contributed by atoms with Gasteiger partial charge >= 0.3 is 0 Å². The molecule has 0 spiro atoms. The van der Waals surface area contributed by atoms with Gasteiger partial charge in [0.1, 0.15) is 12.7 Å². The van der Waals surface area contributed by atoms with E-state index < -0.39 is 0 Å². The Labute approximate surface area is 160 Å². The van der Waals surface area contributed by atoms with E-state index in [2.05, 4.69) is 34.5 Å². The highest BCUT2D eigenvalue weighted by Gasteiger charge is 2.27. The van der Waals surface area contributed by atoms with Gasteiger partial charge in [-0.25, -0.2) is 0 Å². The molecule has 1 fully saturated rings. The maximum Gasteiger partial charge on any atom is 0.223 e. The summed E-state index contributed by atoms with van der Waals surface area (Å²) in [5, 5.41) is 3.05. The lowest BCUT2D eigenvalue weighted by atomic mass is 9.95. The number of rotatable bonds is 5. The van der Waals surface area contributed by atoms with E-state index in [4.69, 9.17) is 9.47 Å². The number of piperidine rings is 1. The van der Waals surface area contributed by atoms with Crippen LogP contribution >= 0.6 is 0 Å².